The Morgan fingerprint density at radius 2 is 2.25 bits per heavy atom. The van der Waals surface area contributed by atoms with Gasteiger partial charge in [0.25, 0.3) is 0 Å². The second kappa shape index (κ2) is 6.06. The van der Waals surface area contributed by atoms with E-state index in [1.54, 1.807) is 0 Å². The molecule has 7 heteroatoms. The van der Waals surface area contributed by atoms with E-state index in [-0.39, 0.29) is 37.4 Å². The molecule has 0 aliphatic carbocycles. The summed E-state index contributed by atoms with van der Waals surface area (Å²) in [6, 6.07) is 0. The predicted octanol–water partition coefficient (Wildman–Crippen LogP) is -2.59. The van der Waals surface area contributed by atoms with Crippen LogP contribution in [0, 0.1) is 0 Å². The van der Waals surface area contributed by atoms with Crippen LogP contribution in [0.5, 0.6) is 0 Å². The fourth-order valence-electron chi connectivity index (χ4n) is 1.38. The van der Waals surface area contributed by atoms with E-state index in [0.29, 0.717) is 13.1 Å². The number of rotatable bonds is 3. The third kappa shape index (κ3) is 3.85. The van der Waals surface area contributed by atoms with Crippen LogP contribution in [-0.2, 0) is 14.4 Å². The fourth-order valence-corrected chi connectivity index (χ4v) is 1.38. The molecule has 3 amide bonds. The van der Waals surface area contributed by atoms with Crippen molar-refractivity contribution in [2.75, 3.05) is 32.7 Å². The first-order valence-corrected chi connectivity index (χ1v) is 5.14. The molecule has 0 atom stereocenters. The van der Waals surface area contributed by atoms with E-state index < -0.39 is 0 Å². The van der Waals surface area contributed by atoms with Gasteiger partial charge < -0.3 is 21.3 Å². The standard InChI is InChI=1S/C9H16N4O3/c10-4-7(14)12-5-9(16)13-3-1-2-11-8(15)6-13/h1-6,10H2,(H,11,15)(H,12,14). The molecule has 4 N–H and O–H groups in total. The van der Waals surface area contributed by atoms with Crippen LogP contribution in [0.15, 0.2) is 0 Å². The van der Waals surface area contributed by atoms with Crippen molar-refractivity contribution in [1.29, 1.82) is 0 Å². The Kier molecular flexibility index (Phi) is 4.71. The predicted molar refractivity (Wildman–Crippen MR) is 56.3 cm³/mol. The van der Waals surface area contributed by atoms with Gasteiger partial charge in [-0.3, -0.25) is 14.4 Å². The highest BCUT2D eigenvalue weighted by atomic mass is 16.2. The molecule has 0 aromatic carbocycles. The van der Waals surface area contributed by atoms with Crippen molar-refractivity contribution < 1.29 is 14.4 Å². The molecule has 1 saturated heterocycles. The molecule has 1 rings (SSSR count). The molecular formula is C9H16N4O3. The second-order valence-corrected chi connectivity index (χ2v) is 3.50. The van der Waals surface area contributed by atoms with E-state index in [2.05, 4.69) is 10.6 Å². The first-order chi connectivity index (χ1) is 7.63. The minimum atomic E-state index is -0.382. The van der Waals surface area contributed by atoms with Gasteiger partial charge in [-0.2, -0.15) is 0 Å². The first-order valence-electron chi connectivity index (χ1n) is 5.14. The van der Waals surface area contributed by atoms with E-state index in [1.807, 2.05) is 0 Å². The average molecular weight is 228 g/mol. The Hall–Kier alpha value is -1.63. The topological polar surface area (TPSA) is 105 Å². The van der Waals surface area contributed by atoms with Crippen molar-refractivity contribution in [2.24, 2.45) is 5.73 Å². The van der Waals surface area contributed by atoms with Gasteiger partial charge in [-0.1, -0.05) is 0 Å². The van der Waals surface area contributed by atoms with Gasteiger partial charge in [0.15, 0.2) is 0 Å². The molecule has 0 spiro atoms. The number of nitrogens with two attached hydrogens (primary N) is 1. The molecule has 7 nitrogen and oxygen atoms in total. The molecular weight excluding hydrogens is 212 g/mol. The van der Waals surface area contributed by atoms with Crippen LogP contribution < -0.4 is 16.4 Å². The average Bonchev–Trinajstić information content (AvgIpc) is 2.50. The zero-order valence-electron chi connectivity index (χ0n) is 8.99. The van der Waals surface area contributed by atoms with Crippen LogP contribution in [0.1, 0.15) is 6.42 Å². The van der Waals surface area contributed by atoms with E-state index in [1.165, 1.54) is 4.90 Å². The van der Waals surface area contributed by atoms with Gasteiger partial charge in [-0.05, 0) is 6.42 Å². The Morgan fingerprint density at radius 3 is 2.94 bits per heavy atom. The van der Waals surface area contributed by atoms with Crippen LogP contribution in [0.4, 0.5) is 0 Å². The lowest BCUT2D eigenvalue weighted by molar-refractivity contribution is -0.135. The normalized spacial score (nSPS) is 16.3. The maximum absolute atomic E-state index is 11.6. The lowest BCUT2D eigenvalue weighted by atomic mass is 10.3. The number of carbonyl (C=O) groups excluding carboxylic acids is 3. The summed E-state index contributed by atoms with van der Waals surface area (Å²) >= 11 is 0. The van der Waals surface area contributed by atoms with Crippen LogP contribution in [0.25, 0.3) is 0 Å². The first kappa shape index (κ1) is 12.4. The lowest BCUT2D eigenvalue weighted by Gasteiger charge is -2.18. The van der Waals surface area contributed by atoms with Crippen molar-refractivity contribution in [2.45, 2.75) is 6.42 Å². The molecule has 16 heavy (non-hydrogen) atoms. The van der Waals surface area contributed by atoms with Crippen molar-refractivity contribution >= 4 is 17.7 Å². The summed E-state index contributed by atoms with van der Waals surface area (Å²) in [5, 5.41) is 5.04. The summed E-state index contributed by atoms with van der Waals surface area (Å²) < 4.78 is 0. The molecule has 1 heterocycles. The van der Waals surface area contributed by atoms with E-state index in [9.17, 15) is 14.4 Å². The lowest BCUT2D eigenvalue weighted by Crippen LogP contribution is -2.44. The molecule has 0 aromatic rings. The van der Waals surface area contributed by atoms with Crippen LogP contribution in [-0.4, -0.2) is 55.3 Å². The van der Waals surface area contributed by atoms with Crippen molar-refractivity contribution in [3.8, 4) is 0 Å². The Morgan fingerprint density at radius 1 is 1.50 bits per heavy atom. The molecule has 0 aromatic heterocycles. The second-order valence-electron chi connectivity index (χ2n) is 3.50. The fraction of sp³-hybridized carbons (Fsp3) is 0.667. The van der Waals surface area contributed by atoms with Gasteiger partial charge in [0.2, 0.25) is 17.7 Å². The molecule has 0 unspecified atom stereocenters. The highest BCUT2D eigenvalue weighted by molar-refractivity contribution is 5.88. The minimum absolute atomic E-state index is 0.0529. The molecule has 1 aliphatic heterocycles. The monoisotopic (exact) mass is 228 g/mol. The number of hydrogen-bond donors (Lipinski definition) is 3. The van der Waals surface area contributed by atoms with E-state index in [4.69, 9.17) is 5.73 Å². The van der Waals surface area contributed by atoms with Crippen LogP contribution in [0.3, 0.4) is 0 Å². The summed E-state index contributed by atoms with van der Waals surface area (Å²) in [6.45, 7) is 0.905. The zero-order valence-corrected chi connectivity index (χ0v) is 8.99. The summed E-state index contributed by atoms with van der Waals surface area (Å²) in [5.41, 5.74) is 5.08. The van der Waals surface area contributed by atoms with Crippen molar-refractivity contribution in [3.05, 3.63) is 0 Å². The number of amides is 3. The van der Waals surface area contributed by atoms with Crippen LogP contribution in [0.2, 0.25) is 0 Å². The van der Waals surface area contributed by atoms with E-state index >= 15 is 0 Å². The maximum atomic E-state index is 11.6. The summed E-state index contributed by atoms with van der Waals surface area (Å²) in [4.78, 5) is 35.1. The molecule has 1 fully saturated rings. The SMILES string of the molecule is NCC(=O)NCC(=O)N1CCCNC(=O)C1. The van der Waals surface area contributed by atoms with Gasteiger partial charge in [0, 0.05) is 13.1 Å². The molecule has 0 bridgehead atoms. The summed E-state index contributed by atoms with van der Waals surface area (Å²) in [7, 11) is 0. The summed E-state index contributed by atoms with van der Waals surface area (Å²) in [6.07, 6.45) is 0.725. The third-order valence-corrected chi connectivity index (χ3v) is 2.24. The molecule has 0 radical (unpaired) electrons. The highest BCUT2D eigenvalue weighted by Crippen LogP contribution is 1.96. The Balaban J connectivity index is 2.39. The van der Waals surface area contributed by atoms with E-state index in [0.717, 1.165) is 6.42 Å². The smallest absolute Gasteiger partial charge is 0.242 e. The highest BCUT2D eigenvalue weighted by Gasteiger charge is 2.19. The van der Waals surface area contributed by atoms with Gasteiger partial charge >= 0.3 is 0 Å². The Bertz CT molecular complexity index is 292. The number of nitrogens with one attached hydrogen (secondary N) is 2. The third-order valence-electron chi connectivity index (χ3n) is 2.24. The molecule has 0 saturated carbocycles. The molecule has 1 aliphatic rings. The zero-order chi connectivity index (χ0) is 12.0. The number of nitrogens with zero attached hydrogens (tertiary/aromatic N) is 1. The molecule has 90 valence electrons. The van der Waals surface area contributed by atoms with Gasteiger partial charge in [0.1, 0.15) is 0 Å². The van der Waals surface area contributed by atoms with Gasteiger partial charge in [-0.25, -0.2) is 0 Å². The number of carbonyl (C=O) groups is 3. The van der Waals surface area contributed by atoms with Crippen LogP contribution >= 0.6 is 0 Å². The van der Waals surface area contributed by atoms with Crippen molar-refractivity contribution in [3.63, 3.8) is 0 Å². The van der Waals surface area contributed by atoms with Crippen molar-refractivity contribution in [1.82, 2.24) is 15.5 Å². The van der Waals surface area contributed by atoms with Gasteiger partial charge in [-0.15, -0.1) is 0 Å². The Labute approximate surface area is 93.3 Å². The number of hydrogen-bond acceptors (Lipinski definition) is 4. The quantitative estimate of drug-likeness (QED) is 0.493. The summed E-state index contributed by atoms with van der Waals surface area (Å²) in [5.74, 6) is -0.817. The largest absolute Gasteiger partial charge is 0.354 e. The van der Waals surface area contributed by atoms with Gasteiger partial charge in [0.05, 0.1) is 19.6 Å². The maximum Gasteiger partial charge on any atom is 0.242 e. The minimum Gasteiger partial charge on any atom is -0.354 e.